The van der Waals surface area contributed by atoms with E-state index in [1.165, 1.54) is 0 Å². The molecule has 0 bridgehead atoms. The Labute approximate surface area is 109 Å². The predicted molar refractivity (Wildman–Crippen MR) is 73.3 cm³/mol. The van der Waals surface area contributed by atoms with Gasteiger partial charge in [-0.25, -0.2) is 0 Å². The summed E-state index contributed by atoms with van der Waals surface area (Å²) in [5.41, 5.74) is 1.11. The minimum atomic E-state index is -0.303. The number of hydrogen-bond acceptors (Lipinski definition) is 4. The lowest BCUT2D eigenvalue weighted by molar-refractivity contribution is -0.152. The highest BCUT2D eigenvalue weighted by Gasteiger charge is 2.09. The second-order valence-corrected chi connectivity index (χ2v) is 4.04. The third-order valence-electron chi connectivity index (χ3n) is 2.43. The summed E-state index contributed by atoms with van der Waals surface area (Å²) in [6, 6.07) is 7.94. The predicted octanol–water partition coefficient (Wildman–Crippen LogP) is 2.53. The molecule has 0 fully saturated rings. The van der Waals surface area contributed by atoms with E-state index in [4.69, 9.17) is 14.2 Å². The van der Waals surface area contributed by atoms with Crippen LogP contribution >= 0.6 is 0 Å². The summed E-state index contributed by atoms with van der Waals surface area (Å²) in [7, 11) is 4.00. The van der Waals surface area contributed by atoms with E-state index in [2.05, 4.69) is 0 Å². The van der Waals surface area contributed by atoms with Crippen molar-refractivity contribution in [2.75, 3.05) is 38.8 Å². The molecule has 0 aliphatic rings. The topological polar surface area (TPSA) is 30.9 Å². The second kappa shape index (κ2) is 7.95. The molecule has 0 unspecified atom stereocenters. The zero-order valence-electron chi connectivity index (χ0n) is 11.7. The molecule has 1 aromatic carbocycles. The molecule has 0 aromatic heterocycles. The summed E-state index contributed by atoms with van der Waals surface area (Å²) >= 11 is 0. The lowest BCUT2D eigenvalue weighted by Crippen LogP contribution is -2.25. The maximum absolute atomic E-state index is 5.69. The van der Waals surface area contributed by atoms with Gasteiger partial charge in [-0.3, -0.25) is 0 Å². The van der Waals surface area contributed by atoms with Gasteiger partial charge in [-0.05, 0) is 26.0 Å². The Kier molecular flexibility index (Phi) is 6.54. The third-order valence-corrected chi connectivity index (χ3v) is 2.43. The van der Waals surface area contributed by atoms with Gasteiger partial charge >= 0.3 is 0 Å². The summed E-state index contributed by atoms with van der Waals surface area (Å²) in [5.74, 6) is 0.825. The molecular weight excluding hydrogens is 230 g/mol. The SMILES string of the molecule is CCOC(COc1cccc(N(C)C)c1)OCC. The van der Waals surface area contributed by atoms with Gasteiger partial charge < -0.3 is 19.1 Å². The van der Waals surface area contributed by atoms with Crippen LogP contribution < -0.4 is 9.64 Å². The van der Waals surface area contributed by atoms with Gasteiger partial charge in [-0.15, -0.1) is 0 Å². The number of ether oxygens (including phenoxy) is 3. The summed E-state index contributed by atoms with van der Waals surface area (Å²) < 4.78 is 16.5. The van der Waals surface area contributed by atoms with Crippen LogP contribution in [-0.2, 0) is 9.47 Å². The first-order chi connectivity index (χ1) is 8.67. The Balaban J connectivity index is 2.53. The molecule has 0 amide bonds. The lowest BCUT2D eigenvalue weighted by atomic mass is 10.3. The fourth-order valence-corrected chi connectivity index (χ4v) is 1.53. The van der Waals surface area contributed by atoms with E-state index in [0.29, 0.717) is 19.8 Å². The number of benzene rings is 1. The van der Waals surface area contributed by atoms with E-state index in [9.17, 15) is 0 Å². The lowest BCUT2D eigenvalue weighted by Gasteiger charge is -2.18. The molecule has 0 N–H and O–H groups in total. The van der Waals surface area contributed by atoms with Gasteiger partial charge in [0.2, 0.25) is 0 Å². The highest BCUT2D eigenvalue weighted by atomic mass is 16.7. The number of rotatable bonds is 8. The molecular formula is C14H23NO3. The molecule has 0 heterocycles. The van der Waals surface area contributed by atoms with Crippen molar-refractivity contribution >= 4 is 5.69 Å². The van der Waals surface area contributed by atoms with Crippen LogP contribution in [0.5, 0.6) is 5.75 Å². The van der Waals surface area contributed by atoms with E-state index < -0.39 is 0 Å². The fraction of sp³-hybridized carbons (Fsp3) is 0.571. The molecule has 4 nitrogen and oxygen atoms in total. The van der Waals surface area contributed by atoms with Crippen molar-refractivity contribution in [3.63, 3.8) is 0 Å². The molecule has 18 heavy (non-hydrogen) atoms. The van der Waals surface area contributed by atoms with Gasteiger partial charge in [0.25, 0.3) is 0 Å². The largest absolute Gasteiger partial charge is 0.488 e. The Bertz CT molecular complexity index is 336. The highest BCUT2D eigenvalue weighted by Crippen LogP contribution is 2.19. The standard InChI is InChI=1S/C14H23NO3/c1-5-16-14(17-6-2)11-18-13-9-7-8-12(10-13)15(3)4/h7-10,14H,5-6,11H2,1-4H3. The minimum absolute atomic E-state index is 0.303. The zero-order chi connectivity index (χ0) is 13.4. The van der Waals surface area contributed by atoms with Crippen molar-refractivity contribution < 1.29 is 14.2 Å². The van der Waals surface area contributed by atoms with E-state index in [1.807, 2.05) is 57.1 Å². The van der Waals surface area contributed by atoms with Crippen LogP contribution in [-0.4, -0.2) is 40.2 Å². The monoisotopic (exact) mass is 253 g/mol. The van der Waals surface area contributed by atoms with Crippen LogP contribution in [0, 0.1) is 0 Å². The number of anilines is 1. The first-order valence-corrected chi connectivity index (χ1v) is 6.30. The molecule has 4 heteroatoms. The van der Waals surface area contributed by atoms with Crippen molar-refractivity contribution in [1.82, 2.24) is 0 Å². The fourth-order valence-electron chi connectivity index (χ4n) is 1.53. The van der Waals surface area contributed by atoms with Crippen molar-refractivity contribution in [3.8, 4) is 5.75 Å². The van der Waals surface area contributed by atoms with E-state index in [-0.39, 0.29) is 6.29 Å². The van der Waals surface area contributed by atoms with Gasteiger partial charge in [0, 0.05) is 39.1 Å². The molecule has 0 spiro atoms. The van der Waals surface area contributed by atoms with Crippen molar-refractivity contribution in [2.24, 2.45) is 0 Å². The maximum atomic E-state index is 5.69. The van der Waals surface area contributed by atoms with E-state index in [1.54, 1.807) is 0 Å². The van der Waals surface area contributed by atoms with Crippen LogP contribution in [0.3, 0.4) is 0 Å². The van der Waals surface area contributed by atoms with Crippen LogP contribution in [0.25, 0.3) is 0 Å². The van der Waals surface area contributed by atoms with Gasteiger partial charge in [-0.2, -0.15) is 0 Å². The Morgan fingerprint density at radius 3 is 2.33 bits per heavy atom. The van der Waals surface area contributed by atoms with Crippen LogP contribution in [0.4, 0.5) is 5.69 Å². The summed E-state index contributed by atoms with van der Waals surface area (Å²) in [6.07, 6.45) is -0.303. The highest BCUT2D eigenvalue weighted by molar-refractivity contribution is 5.49. The van der Waals surface area contributed by atoms with Crippen molar-refractivity contribution in [1.29, 1.82) is 0 Å². The molecule has 0 saturated carbocycles. The summed E-state index contributed by atoms with van der Waals surface area (Å²) in [6.45, 7) is 5.52. The second-order valence-electron chi connectivity index (χ2n) is 4.04. The van der Waals surface area contributed by atoms with Crippen LogP contribution in [0.15, 0.2) is 24.3 Å². The number of hydrogen-bond donors (Lipinski definition) is 0. The third kappa shape index (κ3) is 4.94. The molecule has 0 saturated heterocycles. The first-order valence-electron chi connectivity index (χ1n) is 6.30. The van der Waals surface area contributed by atoms with E-state index in [0.717, 1.165) is 11.4 Å². The molecule has 0 atom stereocenters. The smallest absolute Gasteiger partial charge is 0.191 e. The van der Waals surface area contributed by atoms with Crippen molar-refractivity contribution in [3.05, 3.63) is 24.3 Å². The Morgan fingerprint density at radius 1 is 1.11 bits per heavy atom. The number of nitrogens with zero attached hydrogens (tertiary/aromatic N) is 1. The molecule has 0 aliphatic heterocycles. The summed E-state index contributed by atoms with van der Waals surface area (Å²) in [4.78, 5) is 2.04. The summed E-state index contributed by atoms with van der Waals surface area (Å²) in [5, 5.41) is 0. The average molecular weight is 253 g/mol. The van der Waals surface area contributed by atoms with Gasteiger partial charge in [-0.1, -0.05) is 6.07 Å². The first kappa shape index (κ1) is 14.8. The Hall–Kier alpha value is -1.26. The van der Waals surface area contributed by atoms with Crippen LogP contribution in [0.1, 0.15) is 13.8 Å². The van der Waals surface area contributed by atoms with Crippen molar-refractivity contribution in [2.45, 2.75) is 20.1 Å². The molecule has 1 aromatic rings. The maximum Gasteiger partial charge on any atom is 0.191 e. The quantitative estimate of drug-likeness (QED) is 0.666. The van der Waals surface area contributed by atoms with E-state index >= 15 is 0 Å². The molecule has 1 rings (SSSR count). The van der Waals surface area contributed by atoms with Crippen LogP contribution in [0.2, 0.25) is 0 Å². The van der Waals surface area contributed by atoms with Gasteiger partial charge in [0.1, 0.15) is 12.4 Å². The molecule has 0 radical (unpaired) electrons. The molecule has 0 aliphatic carbocycles. The Morgan fingerprint density at radius 2 is 1.78 bits per heavy atom. The molecule has 102 valence electrons. The van der Waals surface area contributed by atoms with Gasteiger partial charge in [0.05, 0.1) is 0 Å². The normalized spacial score (nSPS) is 10.7. The zero-order valence-corrected chi connectivity index (χ0v) is 11.7. The minimum Gasteiger partial charge on any atom is -0.488 e. The van der Waals surface area contributed by atoms with Gasteiger partial charge in [0.15, 0.2) is 6.29 Å². The average Bonchev–Trinajstić information content (AvgIpc) is 2.37.